The van der Waals surface area contributed by atoms with Gasteiger partial charge in [-0.2, -0.15) is 4.99 Å². The van der Waals surface area contributed by atoms with E-state index in [2.05, 4.69) is 36.9 Å². The molecule has 2 N–H and O–H groups in total. The van der Waals surface area contributed by atoms with E-state index < -0.39 is 5.91 Å². The van der Waals surface area contributed by atoms with Crippen molar-refractivity contribution in [3.8, 4) is 0 Å². The highest BCUT2D eigenvalue weighted by Crippen LogP contribution is 2.15. The van der Waals surface area contributed by atoms with Crippen molar-refractivity contribution in [2.45, 2.75) is 0 Å². The van der Waals surface area contributed by atoms with Crippen LogP contribution < -0.4 is 5.73 Å². The van der Waals surface area contributed by atoms with Crippen LogP contribution in [0.4, 0.5) is 0 Å². The first kappa shape index (κ1) is 22.0. The third-order valence-corrected chi connectivity index (χ3v) is 5.70. The summed E-state index contributed by atoms with van der Waals surface area (Å²) in [6.07, 6.45) is 3.81. The Morgan fingerprint density at radius 3 is 1.60 bits per heavy atom. The van der Waals surface area contributed by atoms with Crippen molar-refractivity contribution < 1.29 is 9.59 Å². The number of thioether (sulfide) groups is 2. The largest absolute Gasteiger partial charge is 0.366 e. The molecule has 2 aromatic carbocycles. The molecule has 0 fully saturated rings. The van der Waals surface area contributed by atoms with E-state index in [0.717, 1.165) is 13.3 Å². The summed E-state index contributed by atoms with van der Waals surface area (Å²) in [7, 11) is 0. The maximum absolute atomic E-state index is 11.7. The van der Waals surface area contributed by atoms with Crippen molar-refractivity contribution in [2.24, 2.45) is 10.7 Å². The van der Waals surface area contributed by atoms with E-state index in [9.17, 15) is 9.59 Å². The zero-order chi connectivity index (χ0) is 18.8. The van der Waals surface area contributed by atoms with Crippen LogP contribution in [0.3, 0.4) is 0 Å². The van der Waals surface area contributed by atoms with E-state index in [1.807, 2.05) is 24.6 Å². The van der Waals surface area contributed by atoms with Crippen LogP contribution in [-0.4, -0.2) is 28.7 Å². The molecule has 0 atom stereocenters. The highest BCUT2D eigenvalue weighted by Gasteiger charge is 2.05. The molecule has 0 aliphatic carbocycles. The van der Waals surface area contributed by atoms with Gasteiger partial charge in [0.1, 0.15) is 4.38 Å². The minimum Gasteiger partial charge on any atom is -0.366 e. The second kappa shape index (κ2) is 11.5. The van der Waals surface area contributed by atoms with Gasteiger partial charge in [0.25, 0.3) is 5.91 Å². The Balaban J connectivity index is 0.000000271. The number of carbonyl (C=O) groups is 2. The van der Waals surface area contributed by atoms with Crippen LogP contribution in [0.5, 0.6) is 0 Å². The molecule has 0 saturated carbocycles. The van der Waals surface area contributed by atoms with Crippen molar-refractivity contribution in [1.29, 1.82) is 0 Å². The van der Waals surface area contributed by atoms with Gasteiger partial charge in [0, 0.05) is 20.1 Å². The molecule has 0 saturated heterocycles. The zero-order valence-corrected chi connectivity index (χ0v) is 18.3. The lowest BCUT2D eigenvalue weighted by Crippen LogP contribution is -2.10. The van der Waals surface area contributed by atoms with Crippen LogP contribution in [0, 0.1) is 0 Å². The van der Waals surface area contributed by atoms with E-state index in [0.29, 0.717) is 11.1 Å². The fourth-order valence-electron chi connectivity index (χ4n) is 1.53. The Kier molecular flexibility index (Phi) is 10.1. The minimum atomic E-state index is -0.396. The number of primary amides is 1. The van der Waals surface area contributed by atoms with Crippen molar-refractivity contribution in [2.75, 3.05) is 12.5 Å². The lowest BCUT2D eigenvalue weighted by Gasteiger charge is -1.98. The molecule has 2 rings (SSSR count). The molecular formula is C17H16Br2N2O2S2. The number of halogens is 2. The molecule has 0 spiro atoms. The number of aliphatic imine (C=N–C) groups is 1. The predicted molar refractivity (Wildman–Crippen MR) is 116 cm³/mol. The molecule has 0 unspecified atom stereocenters. The number of rotatable bonds is 2. The molecule has 0 aromatic heterocycles. The first-order valence-corrected chi connectivity index (χ1v) is 10.9. The highest BCUT2D eigenvalue weighted by molar-refractivity contribution is 9.10. The standard InChI is InChI=1S/C10H10BrNOS2.C7H6BrNO/c1-14-10(15-2)12-9(13)7-3-5-8(11)6-4-7;8-6-3-1-5(2-4-6)7(9)10/h3-6H,1-2H3;1-4H,(H2,9,10). The van der Waals surface area contributed by atoms with Gasteiger partial charge in [-0.25, -0.2) is 0 Å². The normalized spacial score (nSPS) is 9.60. The van der Waals surface area contributed by atoms with Gasteiger partial charge in [-0.1, -0.05) is 31.9 Å². The molecule has 0 bridgehead atoms. The van der Waals surface area contributed by atoms with E-state index >= 15 is 0 Å². The fraction of sp³-hybridized carbons (Fsp3) is 0.118. The van der Waals surface area contributed by atoms with Crippen molar-refractivity contribution in [3.63, 3.8) is 0 Å². The summed E-state index contributed by atoms with van der Waals surface area (Å²) in [5, 5.41) is 0. The average Bonchev–Trinajstić information content (AvgIpc) is 2.61. The van der Waals surface area contributed by atoms with Gasteiger partial charge >= 0.3 is 0 Å². The van der Waals surface area contributed by atoms with Gasteiger partial charge in [-0.15, -0.1) is 23.5 Å². The summed E-state index contributed by atoms with van der Waals surface area (Å²) in [6, 6.07) is 14.1. The Morgan fingerprint density at radius 2 is 1.24 bits per heavy atom. The quantitative estimate of drug-likeness (QED) is 0.450. The van der Waals surface area contributed by atoms with Crippen molar-refractivity contribution in [3.05, 3.63) is 68.6 Å². The van der Waals surface area contributed by atoms with Crippen LogP contribution >= 0.6 is 55.4 Å². The van der Waals surface area contributed by atoms with Crippen molar-refractivity contribution >= 4 is 71.6 Å². The van der Waals surface area contributed by atoms with Crippen LogP contribution in [0.2, 0.25) is 0 Å². The van der Waals surface area contributed by atoms with E-state index in [1.54, 1.807) is 36.4 Å². The van der Waals surface area contributed by atoms with Crippen LogP contribution in [0.25, 0.3) is 0 Å². The summed E-state index contributed by atoms with van der Waals surface area (Å²) in [4.78, 5) is 26.2. The van der Waals surface area contributed by atoms with Crippen LogP contribution in [0.15, 0.2) is 62.5 Å². The van der Waals surface area contributed by atoms with Crippen LogP contribution in [-0.2, 0) is 0 Å². The Labute approximate surface area is 172 Å². The summed E-state index contributed by atoms with van der Waals surface area (Å²) in [5.74, 6) is -0.589. The molecule has 2 aromatic rings. The Hall–Kier alpha value is -1.09. The minimum absolute atomic E-state index is 0.193. The number of hydrogen-bond donors (Lipinski definition) is 1. The van der Waals surface area contributed by atoms with E-state index in [4.69, 9.17) is 5.73 Å². The molecule has 4 nitrogen and oxygen atoms in total. The maximum Gasteiger partial charge on any atom is 0.278 e. The summed E-state index contributed by atoms with van der Waals surface area (Å²) in [6.45, 7) is 0. The van der Waals surface area contributed by atoms with Crippen LogP contribution in [0.1, 0.15) is 20.7 Å². The maximum atomic E-state index is 11.7. The SMILES string of the molecule is CSC(=NC(=O)c1ccc(Br)cc1)SC.NC(=O)c1ccc(Br)cc1. The first-order valence-electron chi connectivity index (χ1n) is 6.89. The van der Waals surface area contributed by atoms with Gasteiger partial charge in [0.05, 0.1) is 0 Å². The highest BCUT2D eigenvalue weighted by atomic mass is 79.9. The topological polar surface area (TPSA) is 72.5 Å². The first-order chi connectivity index (χ1) is 11.9. The summed E-state index contributed by atoms with van der Waals surface area (Å²) >= 11 is 9.52. The molecule has 0 aliphatic heterocycles. The number of benzene rings is 2. The van der Waals surface area contributed by atoms with Crippen molar-refractivity contribution in [1.82, 2.24) is 0 Å². The Morgan fingerprint density at radius 1 is 0.840 bits per heavy atom. The lowest BCUT2D eigenvalue weighted by molar-refractivity contribution is 0.0993. The Bertz CT molecular complexity index is 742. The molecule has 0 aliphatic rings. The van der Waals surface area contributed by atoms with Gasteiger partial charge in [-0.3, -0.25) is 9.59 Å². The summed E-state index contributed by atoms with van der Waals surface area (Å²) in [5.41, 5.74) is 6.15. The molecule has 132 valence electrons. The van der Waals surface area contributed by atoms with E-state index in [-0.39, 0.29) is 5.91 Å². The second-order valence-corrected chi connectivity index (χ2v) is 8.15. The number of nitrogens with two attached hydrogens (primary N) is 1. The predicted octanol–water partition coefficient (Wildman–Crippen LogP) is 5.22. The number of amides is 2. The average molecular weight is 504 g/mol. The third-order valence-electron chi connectivity index (χ3n) is 2.76. The van der Waals surface area contributed by atoms with E-state index in [1.165, 1.54) is 23.5 Å². The molecule has 8 heteroatoms. The monoisotopic (exact) mass is 502 g/mol. The smallest absolute Gasteiger partial charge is 0.278 e. The lowest BCUT2D eigenvalue weighted by atomic mass is 10.2. The molecule has 25 heavy (non-hydrogen) atoms. The van der Waals surface area contributed by atoms with Gasteiger partial charge < -0.3 is 5.73 Å². The number of carbonyl (C=O) groups excluding carboxylic acids is 2. The number of nitrogens with zero attached hydrogens (tertiary/aromatic N) is 1. The molecular weight excluding hydrogens is 488 g/mol. The molecule has 0 radical (unpaired) electrons. The number of hydrogen-bond acceptors (Lipinski definition) is 4. The molecule has 2 amide bonds. The van der Waals surface area contributed by atoms with Gasteiger partial charge in [0.15, 0.2) is 0 Å². The van der Waals surface area contributed by atoms with Gasteiger partial charge in [-0.05, 0) is 61.0 Å². The fourth-order valence-corrected chi connectivity index (χ4v) is 3.07. The van der Waals surface area contributed by atoms with Gasteiger partial charge in [0.2, 0.25) is 5.91 Å². The second-order valence-electron chi connectivity index (χ2n) is 4.47. The summed E-state index contributed by atoms with van der Waals surface area (Å²) < 4.78 is 2.68. The molecule has 0 heterocycles. The third kappa shape index (κ3) is 8.22. The zero-order valence-electron chi connectivity index (χ0n) is 13.5.